The quantitative estimate of drug-likeness (QED) is 0.267. The molecule has 1 heterocycles. The molecule has 1 aliphatic rings. The summed E-state index contributed by atoms with van der Waals surface area (Å²) in [5.41, 5.74) is 0. The van der Waals surface area contributed by atoms with Crippen molar-refractivity contribution in [1.82, 2.24) is 11.9 Å². The van der Waals surface area contributed by atoms with Gasteiger partial charge in [-0.1, -0.05) is 22.5 Å². The van der Waals surface area contributed by atoms with E-state index in [0.29, 0.717) is 0 Å². The predicted molar refractivity (Wildman–Crippen MR) is 82.4 cm³/mol. The lowest BCUT2D eigenvalue weighted by molar-refractivity contribution is 1.01. The van der Waals surface area contributed by atoms with Gasteiger partial charge in [-0.25, -0.2) is 4.52 Å². The third-order valence-corrected chi connectivity index (χ3v) is 19.2. The number of rotatable bonds is 0. The van der Waals surface area contributed by atoms with Gasteiger partial charge in [-0.3, -0.25) is 0 Å². The number of nitrogens with zero attached hydrogens (tertiary/aromatic N) is 4. The lowest BCUT2D eigenvalue weighted by Crippen LogP contribution is -2.09. The maximum Gasteiger partial charge on any atom is 0.231 e. The Labute approximate surface area is 135 Å². The molecule has 0 aliphatic carbocycles. The predicted octanol–water partition coefficient (Wildman–Crippen LogP) is 8.19. The molecule has 0 saturated heterocycles. The summed E-state index contributed by atoms with van der Waals surface area (Å²) in [4.78, 5) is 0. The van der Waals surface area contributed by atoms with Crippen molar-refractivity contribution in [3.05, 3.63) is 0 Å². The van der Waals surface area contributed by atoms with E-state index in [0.717, 1.165) is 11.9 Å². The fraction of sp³-hybridized carbons (Fsp3) is 0. The van der Waals surface area contributed by atoms with Crippen LogP contribution in [-0.2, 0) is 0 Å². The molecule has 0 fully saturated rings. The summed E-state index contributed by atoms with van der Waals surface area (Å²) in [6.45, 7) is 0. The van der Waals surface area contributed by atoms with Gasteiger partial charge in [-0.2, -0.15) is 0 Å². The SMILES string of the molecule is ClN1P(Cl)N=P(Cl)(Cl)N(Cl)P(Cl)N(Cl)P1Cl. The van der Waals surface area contributed by atoms with Crippen LogP contribution in [0.4, 0.5) is 0 Å². The third-order valence-electron chi connectivity index (χ3n) is 1.06. The molecule has 16 heavy (non-hydrogen) atoms. The summed E-state index contributed by atoms with van der Waals surface area (Å²) in [5.74, 6) is -3.05. The normalized spacial score (nSPS) is 38.9. The van der Waals surface area contributed by atoms with Gasteiger partial charge in [0.05, 0.1) is 0 Å². The van der Waals surface area contributed by atoms with Crippen molar-refractivity contribution >= 4 is 120 Å². The highest BCUT2D eigenvalue weighted by molar-refractivity contribution is 8.17. The fourth-order valence-corrected chi connectivity index (χ4v) is 16.0. The van der Waals surface area contributed by atoms with Crippen molar-refractivity contribution in [1.29, 1.82) is 0 Å². The minimum Gasteiger partial charge on any atom is -0.201 e. The average molecular weight is 464 g/mol. The lowest BCUT2D eigenvalue weighted by Gasteiger charge is -2.35. The summed E-state index contributed by atoms with van der Waals surface area (Å²) in [7, 11) is -5.13. The summed E-state index contributed by atoms with van der Waals surface area (Å²) in [6, 6.07) is 0. The molecule has 1 aliphatic heterocycles. The van der Waals surface area contributed by atoms with Crippen LogP contribution in [0.15, 0.2) is 4.52 Å². The second-order valence-electron chi connectivity index (χ2n) is 1.99. The van der Waals surface area contributed by atoms with Crippen molar-refractivity contribution in [2.45, 2.75) is 0 Å². The molecule has 0 amide bonds. The molecule has 0 spiro atoms. The maximum atomic E-state index is 5.95. The molecule has 0 N–H and O–H groups in total. The molecule has 0 aromatic rings. The van der Waals surface area contributed by atoms with E-state index in [9.17, 15) is 0 Å². The Morgan fingerprint density at radius 1 is 0.875 bits per heavy atom. The van der Waals surface area contributed by atoms with Gasteiger partial charge in [0, 0.05) is 0 Å². The summed E-state index contributed by atoms with van der Waals surface area (Å²) in [6.07, 6.45) is 0. The van der Waals surface area contributed by atoms with E-state index in [1.165, 1.54) is 0 Å². The molecular formula is Cl8N4P4. The van der Waals surface area contributed by atoms with Crippen molar-refractivity contribution in [3.63, 3.8) is 0 Å². The van der Waals surface area contributed by atoms with Gasteiger partial charge < -0.3 is 0 Å². The van der Waals surface area contributed by atoms with Gasteiger partial charge in [0.1, 0.15) is 0 Å². The highest BCUT2D eigenvalue weighted by Gasteiger charge is 2.43. The zero-order valence-electron chi connectivity index (χ0n) is 6.60. The summed E-state index contributed by atoms with van der Waals surface area (Å²) in [5, 5.41) is 0. The van der Waals surface area contributed by atoms with E-state index in [-0.39, 0.29) is 0 Å². The molecule has 16 heteroatoms. The van der Waals surface area contributed by atoms with Crippen LogP contribution in [0, 0.1) is 0 Å². The molecule has 0 radical (unpaired) electrons. The smallest absolute Gasteiger partial charge is 0.201 e. The Balaban J connectivity index is 3.17. The van der Waals surface area contributed by atoms with Gasteiger partial charge in [0.15, 0.2) is 15.2 Å². The molecule has 0 saturated carbocycles. The number of hydrogen-bond acceptors (Lipinski definition) is 4. The molecule has 0 aromatic carbocycles. The van der Waals surface area contributed by atoms with Crippen LogP contribution in [0.3, 0.4) is 0 Å². The molecule has 3 unspecified atom stereocenters. The molecule has 0 aromatic heterocycles. The van der Waals surface area contributed by atoms with Crippen LogP contribution in [0.1, 0.15) is 0 Å². The van der Waals surface area contributed by atoms with E-state index in [2.05, 4.69) is 4.52 Å². The number of hydrogen-bond donors (Lipinski definition) is 0. The van der Waals surface area contributed by atoms with Crippen LogP contribution in [0.5, 0.6) is 0 Å². The molecule has 4 nitrogen and oxygen atoms in total. The summed E-state index contributed by atoms with van der Waals surface area (Å²) >= 11 is 47.2. The van der Waals surface area contributed by atoms with Crippen LogP contribution < -0.4 is 0 Å². The highest BCUT2D eigenvalue weighted by Crippen LogP contribution is 2.85. The van der Waals surface area contributed by atoms with Gasteiger partial charge in [-0.05, 0) is 69.1 Å². The van der Waals surface area contributed by atoms with E-state index >= 15 is 0 Å². The zero-order chi connectivity index (χ0) is 12.7. The van der Waals surface area contributed by atoms with Gasteiger partial charge in [-0.15, -0.1) is 11.9 Å². The van der Waals surface area contributed by atoms with Gasteiger partial charge >= 0.3 is 0 Å². The van der Waals surface area contributed by atoms with Gasteiger partial charge in [0.2, 0.25) is 13.5 Å². The topological polar surface area (TPSA) is 22.1 Å². The van der Waals surface area contributed by atoms with Crippen molar-refractivity contribution in [2.75, 3.05) is 0 Å². The lowest BCUT2D eigenvalue weighted by atomic mass is 13.7. The van der Waals surface area contributed by atoms with Gasteiger partial charge in [0.25, 0.3) is 0 Å². The first kappa shape index (κ1) is 17.8. The third kappa shape index (κ3) is 4.11. The first-order chi connectivity index (χ1) is 7.18. The first-order valence-electron chi connectivity index (χ1n) is 2.95. The minimum atomic E-state index is -3.05. The highest BCUT2D eigenvalue weighted by atomic mass is 35.9. The van der Waals surface area contributed by atoms with Crippen molar-refractivity contribution < 1.29 is 0 Å². The van der Waals surface area contributed by atoms with E-state index in [1.54, 1.807) is 0 Å². The minimum absolute atomic E-state index is 0.944. The molecule has 1 rings (SSSR count). The molecule has 3 atom stereocenters. The van der Waals surface area contributed by atoms with Crippen molar-refractivity contribution in [3.8, 4) is 0 Å². The standard InChI is InChI=1S/Cl8N4P4/c1-10-13(4)9-16(7,8)12(3)15(6)11(2)14(10)5. The Bertz CT molecular complexity index is 304. The first-order valence-corrected chi connectivity index (χ1v) is 13.9. The van der Waals surface area contributed by atoms with E-state index in [1.807, 2.05) is 0 Å². The van der Waals surface area contributed by atoms with Crippen molar-refractivity contribution in [2.24, 2.45) is 4.52 Å². The van der Waals surface area contributed by atoms with Crippen LogP contribution in [0.25, 0.3) is 0 Å². The average Bonchev–Trinajstić information content (AvgIpc) is 2.22. The second-order valence-corrected chi connectivity index (χ2v) is 16.9. The Morgan fingerprint density at radius 2 is 1.38 bits per heavy atom. The summed E-state index contributed by atoms with van der Waals surface area (Å²) < 4.78 is 6.93. The van der Waals surface area contributed by atoms with E-state index < -0.39 is 28.6 Å². The monoisotopic (exact) mass is 460 g/mol. The van der Waals surface area contributed by atoms with Crippen LogP contribution >= 0.6 is 120 Å². The maximum absolute atomic E-state index is 5.95. The Morgan fingerprint density at radius 3 is 1.88 bits per heavy atom. The Kier molecular flexibility index (Phi) is 7.91. The largest absolute Gasteiger partial charge is 0.231 e. The number of halogens is 8. The van der Waals surface area contributed by atoms with E-state index in [4.69, 9.17) is 91.5 Å². The van der Waals surface area contributed by atoms with Crippen LogP contribution in [0.2, 0.25) is 0 Å². The fourth-order valence-electron chi connectivity index (χ4n) is 0.487. The van der Waals surface area contributed by atoms with Crippen LogP contribution in [-0.4, -0.2) is 11.9 Å². The Hall–Kier alpha value is 3.72. The zero-order valence-corrected chi connectivity index (χ0v) is 16.2. The molecule has 0 bridgehead atoms. The molecule has 96 valence electrons. The molecular weight excluding hydrogens is 464 g/mol. The second kappa shape index (κ2) is 7.13.